The van der Waals surface area contributed by atoms with Gasteiger partial charge in [0.1, 0.15) is 12.4 Å². The molecule has 7 nitrogen and oxygen atoms in total. The number of carbonyl (C=O) groups is 1. The summed E-state index contributed by atoms with van der Waals surface area (Å²) in [6.45, 7) is 8.25. The van der Waals surface area contributed by atoms with Crippen LogP contribution in [-0.2, 0) is 0 Å². The molecule has 0 radical (unpaired) electrons. The van der Waals surface area contributed by atoms with Crippen molar-refractivity contribution in [1.29, 1.82) is 0 Å². The van der Waals surface area contributed by atoms with E-state index in [0.29, 0.717) is 24.3 Å². The van der Waals surface area contributed by atoms with Gasteiger partial charge in [0.25, 0.3) is 0 Å². The van der Waals surface area contributed by atoms with E-state index in [1.807, 2.05) is 38.1 Å². The smallest absolute Gasteiger partial charge is 0.405 e. The van der Waals surface area contributed by atoms with E-state index in [-0.39, 0.29) is 6.61 Å². The number of hydrogen-bond donors (Lipinski definition) is 3. The fourth-order valence-corrected chi connectivity index (χ4v) is 3.51. The molecule has 1 aromatic heterocycles. The quantitative estimate of drug-likeness (QED) is 0.576. The Kier molecular flexibility index (Phi) is 6.25. The third kappa shape index (κ3) is 6.07. The third-order valence-electron chi connectivity index (χ3n) is 4.85. The molecule has 3 rings (SSSR count). The second-order valence-electron chi connectivity index (χ2n) is 8.54. The molecule has 156 valence electrons. The Bertz CT molecular complexity index is 867. The van der Waals surface area contributed by atoms with Crippen LogP contribution in [0, 0.1) is 12.8 Å². The fraction of sp³-hybridized carbons (Fsp3) is 0.500. The molecule has 0 aliphatic heterocycles. The summed E-state index contributed by atoms with van der Waals surface area (Å²) in [5.74, 6) is 1.74. The van der Waals surface area contributed by atoms with Crippen molar-refractivity contribution in [1.82, 2.24) is 15.3 Å². The number of benzene rings is 1. The molecule has 7 heteroatoms. The standard InChI is InChI=1S/C22H30N4O3/c1-14(2)12-22(4,26-21(27)28)13-29-19-8-5-16(11-15(19)3)18-9-10-23-20(25-18)24-17-6-7-17/h5,8-11,14,17,26H,6-7,12-13H2,1-4H3,(H,27,28)(H,23,24,25). The van der Waals surface area contributed by atoms with Crippen LogP contribution in [0.25, 0.3) is 11.3 Å². The molecule has 1 aromatic carbocycles. The fourth-order valence-electron chi connectivity index (χ4n) is 3.51. The van der Waals surface area contributed by atoms with Crippen molar-refractivity contribution in [3.8, 4) is 17.0 Å². The monoisotopic (exact) mass is 398 g/mol. The molecule has 3 N–H and O–H groups in total. The molecule has 1 amide bonds. The Morgan fingerprint density at radius 2 is 2.10 bits per heavy atom. The van der Waals surface area contributed by atoms with Gasteiger partial charge in [-0.05, 0) is 68.9 Å². The Morgan fingerprint density at radius 3 is 2.72 bits per heavy atom. The number of rotatable bonds is 9. The highest BCUT2D eigenvalue weighted by atomic mass is 16.5. The van der Waals surface area contributed by atoms with E-state index in [4.69, 9.17) is 4.74 Å². The maximum absolute atomic E-state index is 11.2. The number of nitrogens with one attached hydrogen (secondary N) is 2. The van der Waals surface area contributed by atoms with Gasteiger partial charge in [0, 0.05) is 17.8 Å². The summed E-state index contributed by atoms with van der Waals surface area (Å²) in [7, 11) is 0. The van der Waals surface area contributed by atoms with Crippen LogP contribution in [0.15, 0.2) is 30.5 Å². The lowest BCUT2D eigenvalue weighted by atomic mass is 9.91. The highest BCUT2D eigenvalue weighted by Crippen LogP contribution is 2.28. The molecular weight excluding hydrogens is 368 g/mol. The van der Waals surface area contributed by atoms with Crippen molar-refractivity contribution in [3.05, 3.63) is 36.0 Å². The van der Waals surface area contributed by atoms with E-state index < -0.39 is 11.6 Å². The first-order chi connectivity index (χ1) is 13.7. The predicted molar refractivity (Wildman–Crippen MR) is 113 cm³/mol. The van der Waals surface area contributed by atoms with Crippen molar-refractivity contribution in [2.45, 2.75) is 58.5 Å². The maximum atomic E-state index is 11.2. The van der Waals surface area contributed by atoms with E-state index in [2.05, 4.69) is 34.4 Å². The molecule has 1 atom stereocenters. The summed E-state index contributed by atoms with van der Waals surface area (Å²) in [5, 5.41) is 15.1. The first-order valence-corrected chi connectivity index (χ1v) is 10.1. The molecule has 2 aromatic rings. The van der Waals surface area contributed by atoms with Crippen LogP contribution >= 0.6 is 0 Å². The largest absolute Gasteiger partial charge is 0.491 e. The molecule has 0 spiro atoms. The van der Waals surface area contributed by atoms with E-state index in [1.54, 1.807) is 6.20 Å². The summed E-state index contributed by atoms with van der Waals surface area (Å²) >= 11 is 0. The molecule has 1 heterocycles. The van der Waals surface area contributed by atoms with Crippen molar-refractivity contribution >= 4 is 12.0 Å². The average Bonchev–Trinajstić information content (AvgIpc) is 3.43. The van der Waals surface area contributed by atoms with Crippen LogP contribution in [0.1, 0.15) is 45.6 Å². The lowest BCUT2D eigenvalue weighted by Crippen LogP contribution is -2.50. The molecule has 1 fully saturated rings. The highest BCUT2D eigenvalue weighted by Gasteiger charge is 2.29. The summed E-state index contributed by atoms with van der Waals surface area (Å²) in [6, 6.07) is 8.31. The van der Waals surface area contributed by atoms with Gasteiger partial charge < -0.3 is 20.5 Å². The number of carboxylic acid groups (broad SMARTS) is 1. The molecule has 1 aliphatic carbocycles. The van der Waals surface area contributed by atoms with Crippen molar-refractivity contribution in [2.24, 2.45) is 5.92 Å². The van der Waals surface area contributed by atoms with Crippen LogP contribution in [0.3, 0.4) is 0 Å². The molecule has 0 bridgehead atoms. The molecule has 0 saturated heterocycles. The van der Waals surface area contributed by atoms with Crippen molar-refractivity contribution in [2.75, 3.05) is 11.9 Å². The predicted octanol–water partition coefficient (Wildman–Crippen LogP) is 4.48. The normalized spacial score (nSPS) is 15.6. The third-order valence-corrected chi connectivity index (χ3v) is 4.85. The number of aromatic nitrogens is 2. The second-order valence-corrected chi connectivity index (χ2v) is 8.54. The zero-order valence-electron chi connectivity index (χ0n) is 17.5. The van der Waals surface area contributed by atoms with Crippen LogP contribution < -0.4 is 15.4 Å². The van der Waals surface area contributed by atoms with E-state index in [0.717, 1.165) is 22.6 Å². The van der Waals surface area contributed by atoms with Crippen LogP contribution in [0.5, 0.6) is 5.75 Å². The topological polar surface area (TPSA) is 96.4 Å². The summed E-state index contributed by atoms with van der Waals surface area (Å²) in [5.41, 5.74) is 2.17. The zero-order chi connectivity index (χ0) is 21.0. The van der Waals surface area contributed by atoms with Crippen LogP contribution in [0.2, 0.25) is 0 Å². The van der Waals surface area contributed by atoms with Crippen molar-refractivity contribution in [3.63, 3.8) is 0 Å². The van der Waals surface area contributed by atoms with Gasteiger partial charge in [-0.3, -0.25) is 0 Å². The zero-order valence-corrected chi connectivity index (χ0v) is 17.5. The molecule has 1 aliphatic rings. The minimum atomic E-state index is -1.04. The van der Waals surface area contributed by atoms with Gasteiger partial charge in [-0.1, -0.05) is 13.8 Å². The number of nitrogens with zero attached hydrogens (tertiary/aromatic N) is 2. The molecule has 1 unspecified atom stereocenters. The number of anilines is 1. The summed E-state index contributed by atoms with van der Waals surface area (Å²) < 4.78 is 6.01. The Balaban J connectivity index is 1.71. The second kappa shape index (κ2) is 8.68. The minimum Gasteiger partial charge on any atom is -0.491 e. The van der Waals surface area contributed by atoms with Gasteiger partial charge in [0.05, 0.1) is 11.2 Å². The number of hydrogen-bond acceptors (Lipinski definition) is 5. The summed E-state index contributed by atoms with van der Waals surface area (Å²) in [4.78, 5) is 20.1. The minimum absolute atomic E-state index is 0.265. The van der Waals surface area contributed by atoms with Crippen molar-refractivity contribution < 1.29 is 14.6 Å². The van der Waals surface area contributed by atoms with Gasteiger partial charge in [-0.15, -0.1) is 0 Å². The van der Waals surface area contributed by atoms with E-state index in [9.17, 15) is 9.90 Å². The lowest BCUT2D eigenvalue weighted by Gasteiger charge is -2.31. The maximum Gasteiger partial charge on any atom is 0.405 e. The Labute approximate surface area is 171 Å². The first kappa shape index (κ1) is 20.9. The first-order valence-electron chi connectivity index (χ1n) is 10.1. The molecule has 1 saturated carbocycles. The average molecular weight is 399 g/mol. The van der Waals surface area contributed by atoms with Crippen LogP contribution in [0.4, 0.5) is 10.7 Å². The van der Waals surface area contributed by atoms with Gasteiger partial charge in [-0.2, -0.15) is 0 Å². The van der Waals surface area contributed by atoms with Crippen LogP contribution in [-0.4, -0.2) is 39.4 Å². The van der Waals surface area contributed by atoms with E-state index >= 15 is 0 Å². The Morgan fingerprint density at radius 1 is 1.34 bits per heavy atom. The van der Waals surface area contributed by atoms with E-state index in [1.165, 1.54) is 12.8 Å². The molecule has 29 heavy (non-hydrogen) atoms. The highest BCUT2D eigenvalue weighted by molar-refractivity contribution is 5.65. The SMILES string of the molecule is Cc1cc(-c2ccnc(NC3CC3)n2)ccc1OCC(C)(CC(C)C)NC(=O)O. The van der Waals surface area contributed by atoms with Gasteiger partial charge in [-0.25, -0.2) is 14.8 Å². The van der Waals surface area contributed by atoms with Gasteiger partial charge in [0.2, 0.25) is 5.95 Å². The molecular formula is C22H30N4O3. The Hall–Kier alpha value is -2.83. The lowest BCUT2D eigenvalue weighted by molar-refractivity contribution is 0.143. The number of ether oxygens (including phenoxy) is 1. The van der Waals surface area contributed by atoms with Gasteiger partial charge >= 0.3 is 6.09 Å². The number of aryl methyl sites for hydroxylation is 1. The number of amides is 1. The van der Waals surface area contributed by atoms with Gasteiger partial charge in [0.15, 0.2) is 0 Å². The summed E-state index contributed by atoms with van der Waals surface area (Å²) in [6.07, 6.45) is 3.76.